The van der Waals surface area contributed by atoms with Gasteiger partial charge in [0.2, 0.25) is 0 Å². The zero-order valence-corrected chi connectivity index (χ0v) is 9.70. The molecule has 0 saturated carbocycles. The van der Waals surface area contributed by atoms with Crippen molar-refractivity contribution in [2.45, 2.75) is 32.2 Å². The van der Waals surface area contributed by atoms with Gasteiger partial charge in [0.05, 0.1) is 5.92 Å². The second-order valence-electron chi connectivity index (χ2n) is 4.51. The van der Waals surface area contributed by atoms with Crippen LogP contribution in [0.2, 0.25) is 0 Å². The highest BCUT2D eigenvalue weighted by atomic mass is 16.4. The van der Waals surface area contributed by atoms with Crippen LogP contribution in [0.15, 0.2) is 0 Å². The molecule has 15 heavy (non-hydrogen) atoms. The van der Waals surface area contributed by atoms with E-state index in [1.165, 1.54) is 12.8 Å². The van der Waals surface area contributed by atoms with Gasteiger partial charge in [-0.3, -0.25) is 4.79 Å². The summed E-state index contributed by atoms with van der Waals surface area (Å²) in [6.07, 6.45) is 3.50. The minimum Gasteiger partial charge on any atom is -0.481 e. The maximum atomic E-state index is 10.7. The molecule has 0 spiro atoms. The lowest BCUT2D eigenvalue weighted by atomic mass is 10.1. The number of nitrogens with one attached hydrogen (secondary N) is 1. The van der Waals surface area contributed by atoms with Crippen LogP contribution in [-0.4, -0.2) is 48.7 Å². The van der Waals surface area contributed by atoms with Crippen molar-refractivity contribution in [1.29, 1.82) is 0 Å². The van der Waals surface area contributed by atoms with E-state index >= 15 is 0 Å². The first-order valence-corrected chi connectivity index (χ1v) is 5.75. The van der Waals surface area contributed by atoms with Crippen molar-refractivity contribution in [3.63, 3.8) is 0 Å². The fourth-order valence-electron chi connectivity index (χ4n) is 2.10. The lowest BCUT2D eigenvalue weighted by Gasteiger charge is -2.28. The van der Waals surface area contributed by atoms with Crippen molar-refractivity contribution in [3.8, 4) is 0 Å². The van der Waals surface area contributed by atoms with Gasteiger partial charge in [-0.15, -0.1) is 0 Å². The van der Waals surface area contributed by atoms with Crippen molar-refractivity contribution >= 4 is 5.97 Å². The molecule has 1 aliphatic rings. The molecule has 88 valence electrons. The lowest BCUT2D eigenvalue weighted by molar-refractivity contribution is -0.141. The molecule has 0 radical (unpaired) electrons. The van der Waals surface area contributed by atoms with Crippen molar-refractivity contribution < 1.29 is 9.90 Å². The number of carboxylic acids is 1. The number of hydrogen-bond acceptors (Lipinski definition) is 3. The van der Waals surface area contributed by atoms with E-state index < -0.39 is 5.97 Å². The fourth-order valence-corrected chi connectivity index (χ4v) is 2.10. The van der Waals surface area contributed by atoms with E-state index in [1.807, 2.05) is 7.05 Å². The van der Waals surface area contributed by atoms with Crippen LogP contribution in [0.4, 0.5) is 0 Å². The molecule has 0 aromatic heterocycles. The summed E-state index contributed by atoms with van der Waals surface area (Å²) in [7, 11) is 2.04. The van der Waals surface area contributed by atoms with Crippen LogP contribution in [0.3, 0.4) is 0 Å². The molecule has 2 atom stereocenters. The molecule has 2 N–H and O–H groups in total. The Morgan fingerprint density at radius 2 is 2.27 bits per heavy atom. The van der Waals surface area contributed by atoms with Crippen molar-refractivity contribution in [1.82, 2.24) is 10.2 Å². The monoisotopic (exact) mass is 214 g/mol. The van der Waals surface area contributed by atoms with Crippen LogP contribution in [0.5, 0.6) is 0 Å². The molecule has 0 aromatic carbocycles. The Morgan fingerprint density at radius 1 is 1.53 bits per heavy atom. The average molecular weight is 214 g/mol. The zero-order chi connectivity index (χ0) is 11.3. The molecule has 4 heteroatoms. The first-order chi connectivity index (χ1) is 7.11. The third-order valence-corrected chi connectivity index (χ3v) is 3.15. The van der Waals surface area contributed by atoms with E-state index in [9.17, 15) is 4.79 Å². The van der Waals surface area contributed by atoms with Gasteiger partial charge in [0.25, 0.3) is 0 Å². The van der Waals surface area contributed by atoms with Gasteiger partial charge in [-0.1, -0.05) is 6.92 Å². The maximum Gasteiger partial charge on any atom is 0.307 e. The molecule has 0 bridgehead atoms. The van der Waals surface area contributed by atoms with Gasteiger partial charge in [-0.2, -0.15) is 0 Å². The first kappa shape index (κ1) is 12.5. The summed E-state index contributed by atoms with van der Waals surface area (Å²) in [5.74, 6) is -0.972. The summed E-state index contributed by atoms with van der Waals surface area (Å²) in [5.41, 5.74) is 0. The molecule has 1 heterocycles. The number of nitrogens with zero attached hydrogens (tertiary/aromatic N) is 1. The third-order valence-electron chi connectivity index (χ3n) is 3.15. The smallest absolute Gasteiger partial charge is 0.307 e. The second kappa shape index (κ2) is 6.08. The number of carbonyl (C=O) groups is 1. The van der Waals surface area contributed by atoms with Gasteiger partial charge in [-0.25, -0.2) is 0 Å². The zero-order valence-electron chi connectivity index (χ0n) is 9.70. The molecule has 1 saturated heterocycles. The van der Waals surface area contributed by atoms with Gasteiger partial charge in [0.1, 0.15) is 0 Å². The van der Waals surface area contributed by atoms with Crippen LogP contribution in [0.1, 0.15) is 26.2 Å². The van der Waals surface area contributed by atoms with E-state index in [2.05, 4.69) is 10.2 Å². The molecule has 0 amide bonds. The summed E-state index contributed by atoms with van der Waals surface area (Å²) in [4.78, 5) is 12.9. The minimum atomic E-state index is -0.700. The summed E-state index contributed by atoms with van der Waals surface area (Å²) in [5, 5.41) is 12.2. The average Bonchev–Trinajstić information content (AvgIpc) is 2.45. The molecular weight excluding hydrogens is 192 g/mol. The summed E-state index contributed by atoms with van der Waals surface area (Å²) >= 11 is 0. The molecule has 4 nitrogen and oxygen atoms in total. The van der Waals surface area contributed by atoms with Crippen LogP contribution < -0.4 is 5.32 Å². The summed E-state index contributed by atoms with van der Waals surface area (Å²) in [6.45, 7) is 4.57. The maximum absolute atomic E-state index is 10.7. The number of carboxylic acid groups (broad SMARTS) is 1. The number of aliphatic carboxylic acids is 1. The Balaban J connectivity index is 2.37. The molecule has 1 aliphatic heterocycles. The van der Waals surface area contributed by atoms with E-state index in [0.717, 1.165) is 19.5 Å². The Morgan fingerprint density at radius 3 is 2.93 bits per heavy atom. The molecule has 2 unspecified atom stereocenters. The topological polar surface area (TPSA) is 52.6 Å². The summed E-state index contributed by atoms with van der Waals surface area (Å²) < 4.78 is 0. The minimum absolute atomic E-state index is 0.272. The van der Waals surface area contributed by atoms with E-state index in [0.29, 0.717) is 12.6 Å². The molecule has 1 fully saturated rings. The van der Waals surface area contributed by atoms with Crippen molar-refractivity contribution in [3.05, 3.63) is 0 Å². The third kappa shape index (κ3) is 4.18. The van der Waals surface area contributed by atoms with Gasteiger partial charge in [-0.05, 0) is 39.4 Å². The van der Waals surface area contributed by atoms with Gasteiger partial charge in [0.15, 0.2) is 0 Å². The Labute approximate surface area is 91.6 Å². The standard InChI is InChI=1S/C11H22N2O2/c1-9(11(14)15)8-13(2)10-4-3-6-12-7-5-10/h9-10,12H,3-8H2,1-2H3,(H,14,15). The SMILES string of the molecule is CC(CN(C)C1CCCNCC1)C(=O)O. The highest BCUT2D eigenvalue weighted by molar-refractivity contribution is 5.69. The quantitative estimate of drug-likeness (QED) is 0.726. The van der Waals surface area contributed by atoms with Crippen LogP contribution >= 0.6 is 0 Å². The molecule has 1 rings (SSSR count). The van der Waals surface area contributed by atoms with Crippen molar-refractivity contribution in [2.75, 3.05) is 26.7 Å². The van der Waals surface area contributed by atoms with Gasteiger partial charge < -0.3 is 15.3 Å². The fraction of sp³-hybridized carbons (Fsp3) is 0.909. The second-order valence-corrected chi connectivity index (χ2v) is 4.51. The molecule has 0 aliphatic carbocycles. The highest BCUT2D eigenvalue weighted by Gasteiger charge is 2.20. The van der Waals surface area contributed by atoms with Gasteiger partial charge in [0, 0.05) is 12.6 Å². The predicted molar refractivity (Wildman–Crippen MR) is 59.9 cm³/mol. The molecule has 0 aromatic rings. The number of rotatable bonds is 4. The van der Waals surface area contributed by atoms with Gasteiger partial charge >= 0.3 is 5.97 Å². The predicted octanol–water partition coefficient (Wildman–Crippen LogP) is 0.781. The Bertz CT molecular complexity index is 201. The first-order valence-electron chi connectivity index (χ1n) is 5.75. The van der Waals surface area contributed by atoms with Crippen LogP contribution in [0, 0.1) is 5.92 Å². The van der Waals surface area contributed by atoms with E-state index in [1.54, 1.807) is 6.92 Å². The van der Waals surface area contributed by atoms with Crippen LogP contribution in [-0.2, 0) is 4.79 Å². The Kier molecular flexibility index (Phi) is 5.05. The Hall–Kier alpha value is -0.610. The van der Waals surface area contributed by atoms with E-state index in [-0.39, 0.29) is 5.92 Å². The lowest BCUT2D eigenvalue weighted by Crippen LogP contribution is -2.37. The highest BCUT2D eigenvalue weighted by Crippen LogP contribution is 2.13. The molecular formula is C11H22N2O2. The normalized spacial score (nSPS) is 24.9. The largest absolute Gasteiger partial charge is 0.481 e. The van der Waals surface area contributed by atoms with Crippen molar-refractivity contribution in [2.24, 2.45) is 5.92 Å². The number of hydrogen-bond donors (Lipinski definition) is 2. The van der Waals surface area contributed by atoms with E-state index in [4.69, 9.17) is 5.11 Å². The summed E-state index contributed by atoms with van der Waals surface area (Å²) in [6, 6.07) is 0.543. The van der Waals surface area contributed by atoms with Crippen LogP contribution in [0.25, 0.3) is 0 Å².